The second-order valence-corrected chi connectivity index (χ2v) is 9.72. The number of hydrogen-bond donors (Lipinski definition) is 3. The number of amides is 2. The maximum atomic E-state index is 13.1. The van der Waals surface area contributed by atoms with Crippen molar-refractivity contribution in [2.24, 2.45) is 11.7 Å². The van der Waals surface area contributed by atoms with E-state index in [2.05, 4.69) is 39.5 Å². The molecule has 3 aliphatic rings. The number of primary amides is 1. The maximum Gasteiger partial charge on any atom is 0.269 e. The molecule has 9 heteroatoms. The summed E-state index contributed by atoms with van der Waals surface area (Å²) in [7, 11) is 0. The van der Waals surface area contributed by atoms with Gasteiger partial charge in [0.15, 0.2) is 0 Å². The average Bonchev–Trinajstić information content (AvgIpc) is 3.21. The number of piperazine rings is 1. The van der Waals surface area contributed by atoms with E-state index in [0.717, 1.165) is 51.5 Å². The van der Waals surface area contributed by atoms with Crippen LogP contribution in [0.1, 0.15) is 39.6 Å². The van der Waals surface area contributed by atoms with Crippen LogP contribution in [-0.2, 0) is 37.1 Å². The summed E-state index contributed by atoms with van der Waals surface area (Å²) < 4.78 is 1.98. The smallest absolute Gasteiger partial charge is 0.269 e. The van der Waals surface area contributed by atoms with Gasteiger partial charge < -0.3 is 25.6 Å². The number of imidazole rings is 1. The molecule has 1 saturated heterocycles. The summed E-state index contributed by atoms with van der Waals surface area (Å²) in [6.45, 7) is 5.78. The highest BCUT2D eigenvalue weighted by atomic mass is 16.3. The van der Waals surface area contributed by atoms with Gasteiger partial charge in [-0.25, -0.2) is 4.98 Å². The van der Waals surface area contributed by atoms with E-state index >= 15 is 0 Å². The topological polar surface area (TPSA) is 117 Å². The SMILES string of the molecule is NC(=O)c1nc2n(c1C[C@H](O)CN1CCc3ccccc3C1)CC(C(=O)N1CCNCC1)CC2. The van der Waals surface area contributed by atoms with Crippen molar-refractivity contribution in [3.05, 3.63) is 52.6 Å². The fourth-order valence-corrected chi connectivity index (χ4v) is 5.60. The van der Waals surface area contributed by atoms with Crippen molar-refractivity contribution in [3.8, 4) is 0 Å². The van der Waals surface area contributed by atoms with E-state index in [4.69, 9.17) is 5.73 Å². The van der Waals surface area contributed by atoms with Crippen molar-refractivity contribution in [2.75, 3.05) is 39.3 Å². The number of aliphatic hydroxyl groups is 1. The molecule has 0 radical (unpaired) electrons. The Balaban J connectivity index is 1.29. The molecule has 1 fully saturated rings. The van der Waals surface area contributed by atoms with Crippen molar-refractivity contribution < 1.29 is 14.7 Å². The van der Waals surface area contributed by atoms with Gasteiger partial charge in [-0.15, -0.1) is 0 Å². The second-order valence-electron chi connectivity index (χ2n) is 9.72. The molecule has 5 rings (SSSR count). The Morgan fingerprint density at radius 2 is 1.91 bits per heavy atom. The summed E-state index contributed by atoms with van der Waals surface area (Å²) in [6, 6.07) is 8.42. The largest absolute Gasteiger partial charge is 0.391 e. The van der Waals surface area contributed by atoms with E-state index in [-0.39, 0.29) is 23.9 Å². The summed E-state index contributed by atoms with van der Waals surface area (Å²) in [4.78, 5) is 34.0. The summed E-state index contributed by atoms with van der Waals surface area (Å²) >= 11 is 0. The third-order valence-corrected chi connectivity index (χ3v) is 7.39. The fourth-order valence-electron chi connectivity index (χ4n) is 5.60. The molecule has 1 aromatic heterocycles. The molecule has 2 atom stereocenters. The van der Waals surface area contributed by atoms with E-state index in [9.17, 15) is 14.7 Å². The number of fused-ring (bicyclic) bond motifs is 2. The minimum absolute atomic E-state index is 0.144. The van der Waals surface area contributed by atoms with Gasteiger partial charge in [0, 0.05) is 65.2 Å². The van der Waals surface area contributed by atoms with Crippen LogP contribution >= 0.6 is 0 Å². The van der Waals surface area contributed by atoms with Gasteiger partial charge in [-0.1, -0.05) is 24.3 Å². The number of aromatic nitrogens is 2. The highest BCUT2D eigenvalue weighted by Crippen LogP contribution is 2.27. The van der Waals surface area contributed by atoms with Crippen LogP contribution in [0.2, 0.25) is 0 Å². The van der Waals surface area contributed by atoms with Gasteiger partial charge in [0.05, 0.1) is 17.7 Å². The zero-order chi connectivity index (χ0) is 23.7. The average molecular weight is 467 g/mol. The normalized spacial score (nSPS) is 21.6. The minimum atomic E-state index is -0.659. The first-order valence-electron chi connectivity index (χ1n) is 12.3. The Morgan fingerprint density at radius 1 is 1.15 bits per heavy atom. The summed E-state index contributed by atoms with van der Waals surface area (Å²) in [5.41, 5.74) is 9.22. The third-order valence-electron chi connectivity index (χ3n) is 7.39. The number of nitrogens with one attached hydrogen (secondary N) is 1. The predicted molar refractivity (Wildman–Crippen MR) is 127 cm³/mol. The molecule has 0 spiro atoms. The molecule has 0 aliphatic carbocycles. The molecule has 3 aliphatic heterocycles. The molecule has 2 amide bonds. The van der Waals surface area contributed by atoms with Crippen molar-refractivity contribution in [1.82, 2.24) is 24.7 Å². The first-order chi connectivity index (χ1) is 16.5. The van der Waals surface area contributed by atoms with Crippen LogP contribution in [0.4, 0.5) is 0 Å². The van der Waals surface area contributed by atoms with Crippen LogP contribution in [0.5, 0.6) is 0 Å². The molecule has 4 heterocycles. The second kappa shape index (κ2) is 9.85. The first kappa shape index (κ1) is 23.0. The summed E-state index contributed by atoms with van der Waals surface area (Å²) in [5.74, 6) is 0.225. The number of rotatable bonds is 6. The molecule has 34 heavy (non-hydrogen) atoms. The number of carbonyl (C=O) groups excluding carboxylic acids is 2. The third kappa shape index (κ3) is 4.73. The number of carbonyl (C=O) groups is 2. The Labute approximate surface area is 199 Å². The predicted octanol–water partition coefficient (Wildman–Crippen LogP) is -0.0621. The van der Waals surface area contributed by atoms with E-state index in [1.54, 1.807) is 0 Å². The number of hydrogen-bond acceptors (Lipinski definition) is 6. The minimum Gasteiger partial charge on any atom is -0.391 e. The monoisotopic (exact) mass is 466 g/mol. The molecular formula is C25H34N6O3. The molecule has 1 aromatic carbocycles. The van der Waals surface area contributed by atoms with Gasteiger partial charge in [0.2, 0.25) is 5.91 Å². The van der Waals surface area contributed by atoms with Crippen molar-refractivity contribution >= 4 is 11.8 Å². The fraction of sp³-hybridized carbons (Fsp3) is 0.560. The van der Waals surface area contributed by atoms with E-state index in [1.807, 2.05) is 9.47 Å². The van der Waals surface area contributed by atoms with Crippen LogP contribution in [0.15, 0.2) is 24.3 Å². The van der Waals surface area contributed by atoms with Crippen LogP contribution in [0.3, 0.4) is 0 Å². The molecule has 1 unspecified atom stereocenters. The molecule has 9 nitrogen and oxygen atoms in total. The number of nitrogens with two attached hydrogens (primary N) is 1. The van der Waals surface area contributed by atoms with Gasteiger partial charge in [-0.3, -0.25) is 14.5 Å². The summed E-state index contributed by atoms with van der Waals surface area (Å²) in [6.07, 6.45) is 1.94. The summed E-state index contributed by atoms with van der Waals surface area (Å²) in [5, 5.41) is 14.3. The quantitative estimate of drug-likeness (QED) is 0.549. The van der Waals surface area contributed by atoms with Crippen molar-refractivity contribution in [1.29, 1.82) is 0 Å². The van der Waals surface area contributed by atoms with Gasteiger partial charge in [-0.2, -0.15) is 0 Å². The maximum absolute atomic E-state index is 13.1. The molecule has 0 bridgehead atoms. The number of β-amino-alcohol motifs (C(OH)–C–C–N with tert-alkyl or cyclic N) is 1. The Bertz CT molecular complexity index is 1060. The van der Waals surface area contributed by atoms with Crippen LogP contribution in [-0.4, -0.2) is 81.6 Å². The van der Waals surface area contributed by atoms with Gasteiger partial charge >= 0.3 is 0 Å². The Hall–Kier alpha value is -2.75. The van der Waals surface area contributed by atoms with E-state index in [1.165, 1.54) is 11.1 Å². The van der Waals surface area contributed by atoms with Gasteiger partial charge in [-0.05, 0) is 24.0 Å². The zero-order valence-electron chi connectivity index (χ0n) is 19.6. The Kier molecular flexibility index (Phi) is 6.67. The van der Waals surface area contributed by atoms with Crippen LogP contribution in [0.25, 0.3) is 0 Å². The lowest BCUT2D eigenvalue weighted by Gasteiger charge is -2.33. The number of aryl methyl sites for hydroxylation is 1. The molecule has 0 saturated carbocycles. The van der Waals surface area contributed by atoms with Crippen LogP contribution < -0.4 is 11.1 Å². The molecule has 2 aromatic rings. The van der Waals surface area contributed by atoms with Gasteiger partial charge in [0.1, 0.15) is 11.5 Å². The molecular weight excluding hydrogens is 432 g/mol. The van der Waals surface area contributed by atoms with Crippen LogP contribution in [0, 0.1) is 5.92 Å². The lowest BCUT2D eigenvalue weighted by Crippen LogP contribution is -2.49. The standard InChI is InChI=1S/C25H34N6O3/c26-24(33)23-21(13-20(32)16-29-10-7-17-3-1-2-4-18(17)14-29)31-15-19(5-6-22(31)28-23)25(34)30-11-8-27-9-12-30/h1-4,19-20,27,32H,5-16H2,(H2,26,33)/t19?,20-/m0/s1. The number of aliphatic hydroxyl groups excluding tert-OH is 1. The molecule has 4 N–H and O–H groups in total. The number of benzene rings is 1. The van der Waals surface area contributed by atoms with Crippen molar-refractivity contribution in [3.63, 3.8) is 0 Å². The highest BCUT2D eigenvalue weighted by Gasteiger charge is 2.33. The lowest BCUT2D eigenvalue weighted by atomic mass is 9.96. The number of nitrogens with zero attached hydrogens (tertiary/aromatic N) is 4. The highest BCUT2D eigenvalue weighted by molar-refractivity contribution is 5.92. The van der Waals surface area contributed by atoms with Gasteiger partial charge in [0.25, 0.3) is 5.91 Å². The van der Waals surface area contributed by atoms with E-state index < -0.39 is 12.0 Å². The Morgan fingerprint density at radius 3 is 2.68 bits per heavy atom. The first-order valence-corrected chi connectivity index (χ1v) is 12.3. The molecule has 182 valence electrons. The lowest BCUT2D eigenvalue weighted by molar-refractivity contribution is -0.137. The van der Waals surface area contributed by atoms with Crippen molar-refractivity contribution in [2.45, 2.75) is 44.9 Å². The van der Waals surface area contributed by atoms with E-state index in [0.29, 0.717) is 31.6 Å². The zero-order valence-corrected chi connectivity index (χ0v) is 19.6.